The molecule has 17 heteroatoms. The van der Waals surface area contributed by atoms with Crippen LogP contribution in [0.5, 0.6) is 11.5 Å². The second-order valence-corrected chi connectivity index (χ2v) is 16.7. The minimum Gasteiger partial charge on any atom is -0.493 e. The topological polar surface area (TPSA) is 156 Å². The lowest BCUT2D eigenvalue weighted by atomic mass is 9.87. The van der Waals surface area contributed by atoms with E-state index in [2.05, 4.69) is 15.0 Å². The van der Waals surface area contributed by atoms with Crippen molar-refractivity contribution in [3.63, 3.8) is 0 Å². The number of benzene rings is 1. The number of methoxy groups -OCH3 is 1. The van der Waals surface area contributed by atoms with Crippen molar-refractivity contribution in [2.24, 2.45) is 0 Å². The number of carbonyl (C=O) groups is 3. The minimum atomic E-state index is -5.34. The van der Waals surface area contributed by atoms with E-state index in [0.717, 1.165) is 11.0 Å². The van der Waals surface area contributed by atoms with Gasteiger partial charge in [0, 0.05) is 30.5 Å². The first-order chi connectivity index (χ1) is 22.9. The van der Waals surface area contributed by atoms with Crippen molar-refractivity contribution in [2.45, 2.75) is 101 Å². The summed E-state index contributed by atoms with van der Waals surface area (Å²) in [4.78, 5) is 43.5. The fourth-order valence-electron chi connectivity index (χ4n) is 5.42. The van der Waals surface area contributed by atoms with E-state index in [1.807, 2.05) is 0 Å². The lowest BCUT2D eigenvalue weighted by molar-refractivity contribution is -0.270. The molecule has 1 saturated heterocycles. The van der Waals surface area contributed by atoms with Crippen molar-refractivity contribution in [3.8, 4) is 11.5 Å². The van der Waals surface area contributed by atoms with Crippen LogP contribution in [0.2, 0.25) is 5.15 Å². The predicted octanol–water partition coefficient (Wildman–Crippen LogP) is 5.45. The SMILES string of the molecule is COc1cc(C(=O)CC[C@@](O)(c2cc3c(c(Cl)n2)N(C(=O)OC(C)(C)C)C[C@@]3(C)NS(=O)C(C)(C)C)C(F)(F)F)ccc1O[C@H]1CCNC1=O. The molecule has 50 heavy (non-hydrogen) atoms. The number of ketones is 1. The Morgan fingerprint density at radius 2 is 1.82 bits per heavy atom. The summed E-state index contributed by atoms with van der Waals surface area (Å²) in [5.74, 6) is -0.816. The maximum absolute atomic E-state index is 14.8. The highest BCUT2D eigenvalue weighted by Crippen LogP contribution is 2.49. The molecule has 0 bridgehead atoms. The zero-order valence-electron chi connectivity index (χ0n) is 29.0. The number of ether oxygens (including phenoxy) is 3. The lowest BCUT2D eigenvalue weighted by Gasteiger charge is -2.32. The normalized spacial score (nSPS) is 21.3. The Morgan fingerprint density at radius 3 is 2.36 bits per heavy atom. The number of nitrogens with zero attached hydrogens (tertiary/aromatic N) is 2. The van der Waals surface area contributed by atoms with Crippen LogP contribution < -0.4 is 24.4 Å². The van der Waals surface area contributed by atoms with Gasteiger partial charge in [0.05, 0.1) is 46.3 Å². The molecule has 1 aromatic carbocycles. The van der Waals surface area contributed by atoms with Gasteiger partial charge in [-0.1, -0.05) is 11.6 Å². The zero-order valence-corrected chi connectivity index (χ0v) is 30.6. The molecule has 4 atom stereocenters. The molecule has 0 radical (unpaired) electrons. The van der Waals surface area contributed by atoms with E-state index in [4.69, 9.17) is 25.8 Å². The van der Waals surface area contributed by atoms with Gasteiger partial charge in [-0.3, -0.25) is 14.5 Å². The van der Waals surface area contributed by atoms with Gasteiger partial charge < -0.3 is 24.6 Å². The minimum absolute atomic E-state index is 0.0150. The maximum Gasteiger partial charge on any atom is 0.422 e. The summed E-state index contributed by atoms with van der Waals surface area (Å²) in [6.07, 6.45) is -8.47. The number of Topliss-reactive ketones (excluding diaryl/α,β-unsaturated/α-hetero) is 1. The highest BCUT2D eigenvalue weighted by atomic mass is 35.5. The highest BCUT2D eigenvalue weighted by molar-refractivity contribution is 7.84. The van der Waals surface area contributed by atoms with Crippen LogP contribution in [0.25, 0.3) is 0 Å². The molecule has 3 N–H and O–H groups in total. The van der Waals surface area contributed by atoms with Crippen LogP contribution in [0, 0.1) is 0 Å². The highest BCUT2D eigenvalue weighted by Gasteiger charge is 2.57. The Bertz CT molecular complexity index is 1700. The molecule has 1 aromatic heterocycles. The van der Waals surface area contributed by atoms with E-state index < -0.39 is 80.3 Å². The quantitative estimate of drug-likeness (QED) is 0.213. The molecular weight excluding hydrogens is 705 g/mol. The largest absolute Gasteiger partial charge is 0.493 e. The standard InChI is InChI=1S/C33H42ClF3N4O8S/c1-29(2,3)49-28(44)41-17-31(7,40-50(46)30(4,5)6)19-16-24(39-26(34)25(19)41)32(45,33(35,36)37)13-11-20(42)18-9-10-21(23(15-18)47-8)48-22-12-14-38-27(22)43/h9-10,15-16,22,40,45H,11-14,17H2,1-8H3,(H,38,43)/t22-,31+,32+,50?/m0/s1. The Labute approximate surface area is 296 Å². The summed E-state index contributed by atoms with van der Waals surface area (Å²) in [6.45, 7) is 11.7. The summed E-state index contributed by atoms with van der Waals surface area (Å²) in [7, 11) is -0.466. The molecule has 3 heterocycles. The first kappa shape index (κ1) is 39.3. The zero-order chi connectivity index (χ0) is 37.6. The number of aromatic nitrogens is 1. The number of hydrogen-bond donors (Lipinski definition) is 3. The molecule has 0 saturated carbocycles. The van der Waals surface area contributed by atoms with E-state index in [1.54, 1.807) is 41.5 Å². The van der Waals surface area contributed by atoms with Gasteiger partial charge in [-0.15, -0.1) is 0 Å². The first-order valence-corrected chi connectivity index (χ1v) is 17.3. The van der Waals surface area contributed by atoms with E-state index >= 15 is 0 Å². The number of carbonyl (C=O) groups excluding carboxylic acids is 3. The van der Waals surface area contributed by atoms with Crippen molar-refractivity contribution < 1.29 is 51.1 Å². The van der Waals surface area contributed by atoms with E-state index in [-0.39, 0.29) is 40.8 Å². The average molecular weight is 747 g/mol. The fourth-order valence-corrected chi connectivity index (χ4v) is 6.61. The number of fused-ring (bicyclic) bond motifs is 1. The summed E-state index contributed by atoms with van der Waals surface area (Å²) < 4.78 is 76.3. The Morgan fingerprint density at radius 1 is 1.16 bits per heavy atom. The van der Waals surface area contributed by atoms with Crippen molar-refractivity contribution in [3.05, 3.63) is 46.2 Å². The van der Waals surface area contributed by atoms with Gasteiger partial charge >= 0.3 is 12.3 Å². The van der Waals surface area contributed by atoms with Gasteiger partial charge in [-0.2, -0.15) is 13.2 Å². The van der Waals surface area contributed by atoms with Crippen molar-refractivity contribution in [2.75, 3.05) is 25.1 Å². The number of halogens is 4. The monoisotopic (exact) mass is 746 g/mol. The number of nitrogens with one attached hydrogen (secondary N) is 2. The van der Waals surface area contributed by atoms with E-state index in [1.165, 1.54) is 32.2 Å². The molecule has 276 valence electrons. The molecule has 1 fully saturated rings. The molecule has 0 aliphatic carbocycles. The number of rotatable bonds is 10. The van der Waals surface area contributed by atoms with Gasteiger partial charge in [0.15, 0.2) is 28.5 Å². The Hall–Kier alpha value is -3.47. The Balaban J connectivity index is 1.70. The second-order valence-electron chi connectivity index (χ2n) is 14.4. The van der Waals surface area contributed by atoms with Crippen molar-refractivity contribution in [1.82, 2.24) is 15.0 Å². The van der Waals surface area contributed by atoms with Crippen LogP contribution >= 0.6 is 11.6 Å². The van der Waals surface area contributed by atoms with E-state index in [9.17, 15) is 36.9 Å². The predicted molar refractivity (Wildman–Crippen MR) is 180 cm³/mol. The lowest BCUT2D eigenvalue weighted by Crippen LogP contribution is -2.50. The van der Waals surface area contributed by atoms with Crippen LogP contribution in [0.1, 0.15) is 89.3 Å². The number of alkyl halides is 3. The van der Waals surface area contributed by atoms with Crippen LogP contribution in [-0.4, -0.2) is 74.9 Å². The number of hydrogen-bond acceptors (Lipinski definition) is 9. The number of pyridine rings is 1. The van der Waals surface area contributed by atoms with Crippen LogP contribution in [0.4, 0.5) is 23.7 Å². The van der Waals surface area contributed by atoms with Crippen molar-refractivity contribution in [1.29, 1.82) is 0 Å². The molecular formula is C33H42ClF3N4O8S. The third-order valence-electron chi connectivity index (χ3n) is 8.14. The molecule has 4 rings (SSSR count). The maximum atomic E-state index is 14.8. The molecule has 1 unspecified atom stereocenters. The number of anilines is 1. The average Bonchev–Trinajstić information content (AvgIpc) is 3.53. The van der Waals surface area contributed by atoms with Crippen LogP contribution in [0.3, 0.4) is 0 Å². The molecule has 12 nitrogen and oxygen atoms in total. The summed E-state index contributed by atoms with van der Waals surface area (Å²) in [5.41, 5.74) is -7.05. The fraction of sp³-hybridized carbons (Fsp3) is 0.576. The Kier molecular flexibility index (Phi) is 10.9. The van der Waals surface area contributed by atoms with E-state index in [0.29, 0.717) is 13.0 Å². The first-order valence-electron chi connectivity index (χ1n) is 15.8. The summed E-state index contributed by atoms with van der Waals surface area (Å²) >= 11 is 6.51. The molecule has 2 aliphatic rings. The summed E-state index contributed by atoms with van der Waals surface area (Å²) in [6, 6.07) is 4.94. The molecule has 2 aliphatic heterocycles. The number of amides is 2. The van der Waals surface area contributed by atoms with Gasteiger partial charge in [0.2, 0.25) is 5.60 Å². The van der Waals surface area contributed by atoms with Crippen LogP contribution in [0.15, 0.2) is 24.3 Å². The third kappa shape index (κ3) is 8.19. The van der Waals surface area contributed by atoms with Gasteiger partial charge in [0.25, 0.3) is 5.91 Å². The van der Waals surface area contributed by atoms with Gasteiger partial charge in [0.1, 0.15) is 5.60 Å². The molecule has 2 amide bonds. The van der Waals surface area contributed by atoms with Crippen LogP contribution in [-0.2, 0) is 31.7 Å². The third-order valence-corrected chi connectivity index (χ3v) is 10.1. The molecule has 2 aromatic rings. The van der Waals surface area contributed by atoms with Gasteiger partial charge in [-0.05, 0) is 79.2 Å². The second kappa shape index (κ2) is 13.9. The van der Waals surface area contributed by atoms with Gasteiger partial charge in [-0.25, -0.2) is 18.7 Å². The molecule has 0 spiro atoms. The smallest absolute Gasteiger partial charge is 0.422 e. The summed E-state index contributed by atoms with van der Waals surface area (Å²) in [5, 5.41) is 13.4. The van der Waals surface area contributed by atoms with Crippen molar-refractivity contribution >= 4 is 46.1 Å². The number of aliphatic hydroxyl groups is 1.